The predicted molar refractivity (Wildman–Crippen MR) is 181 cm³/mol. The highest BCUT2D eigenvalue weighted by Gasteiger charge is 2.15. The number of carbonyl (C=O) groups is 1. The summed E-state index contributed by atoms with van der Waals surface area (Å²) in [6.45, 7) is 21.4. The lowest BCUT2D eigenvalue weighted by Crippen LogP contribution is -2.16. The molecule has 1 atom stereocenters. The van der Waals surface area contributed by atoms with Crippen LogP contribution >= 0.6 is 0 Å². The monoisotopic (exact) mass is 551 g/mol. The van der Waals surface area contributed by atoms with Crippen molar-refractivity contribution in [2.24, 2.45) is 11.8 Å². The Morgan fingerprint density at radius 2 is 1.76 bits per heavy atom. The van der Waals surface area contributed by atoms with Crippen molar-refractivity contribution in [3.8, 4) is 11.8 Å². The molecule has 0 N–H and O–H groups in total. The minimum atomic E-state index is -0.271. The molecule has 2 aliphatic rings. The fourth-order valence-corrected chi connectivity index (χ4v) is 4.32. The number of rotatable bonds is 5. The lowest BCUT2D eigenvalue weighted by molar-refractivity contribution is 0.112. The van der Waals surface area contributed by atoms with Gasteiger partial charge in [0, 0.05) is 30.3 Å². The number of carbonyl (C=O) groups excluding carboxylic acids is 1. The highest BCUT2D eigenvalue weighted by Crippen LogP contribution is 2.31. The zero-order chi connectivity index (χ0) is 30.8. The Morgan fingerprint density at radius 1 is 1.10 bits per heavy atom. The van der Waals surface area contributed by atoms with Gasteiger partial charge in [-0.05, 0) is 66.9 Å². The second kappa shape index (κ2) is 19.2. The molecule has 41 heavy (non-hydrogen) atoms. The van der Waals surface area contributed by atoms with E-state index in [1.807, 2.05) is 18.4 Å². The van der Waals surface area contributed by atoms with Crippen LogP contribution in [0.4, 0.5) is 0 Å². The minimum Gasteiger partial charge on any atom is -0.346 e. The summed E-state index contributed by atoms with van der Waals surface area (Å²) in [7, 11) is 0. The van der Waals surface area contributed by atoms with Crippen LogP contribution in [0.1, 0.15) is 107 Å². The van der Waals surface area contributed by atoms with Crippen molar-refractivity contribution in [3.63, 3.8) is 0 Å². The van der Waals surface area contributed by atoms with Crippen molar-refractivity contribution in [1.82, 2.24) is 4.57 Å². The fourth-order valence-electron chi connectivity index (χ4n) is 4.32. The summed E-state index contributed by atoms with van der Waals surface area (Å²) in [5, 5.41) is 0. The summed E-state index contributed by atoms with van der Waals surface area (Å²) < 4.78 is 1.97. The van der Waals surface area contributed by atoms with Crippen molar-refractivity contribution in [2.75, 3.05) is 0 Å². The molecule has 3 nitrogen and oxygen atoms in total. The van der Waals surface area contributed by atoms with Gasteiger partial charge in [-0.25, -0.2) is 0 Å². The Morgan fingerprint density at radius 3 is 2.39 bits per heavy atom. The number of benzene rings is 1. The van der Waals surface area contributed by atoms with E-state index in [0.29, 0.717) is 12.8 Å². The highest BCUT2D eigenvalue weighted by atomic mass is 16.1. The number of fused-ring (bicyclic) bond motifs is 1. The molecule has 2 aromatic rings. The number of aromatic nitrogens is 1. The maximum Gasteiger partial charge on any atom is 0.192 e. The molecule has 0 saturated heterocycles. The first kappa shape index (κ1) is 35.1. The summed E-state index contributed by atoms with van der Waals surface area (Å²) in [6.07, 6.45) is 19.7. The molecular weight excluding hydrogens is 502 g/mol. The predicted octanol–water partition coefficient (Wildman–Crippen LogP) is 9.89. The number of aryl methyl sites for hydroxylation is 1. The van der Waals surface area contributed by atoms with E-state index in [1.54, 1.807) is 12.3 Å². The van der Waals surface area contributed by atoms with E-state index in [2.05, 4.69) is 114 Å². The molecule has 1 heterocycles. The van der Waals surface area contributed by atoms with Crippen LogP contribution in [0, 0.1) is 23.7 Å². The summed E-state index contributed by atoms with van der Waals surface area (Å²) in [5.41, 5.74) is 6.10. The number of hydrogen-bond donors (Lipinski definition) is 0. The summed E-state index contributed by atoms with van der Waals surface area (Å²) in [5.74, 6) is 7.52. The Bertz CT molecular complexity index is 1370. The van der Waals surface area contributed by atoms with Crippen molar-refractivity contribution in [1.29, 1.82) is 0 Å². The summed E-state index contributed by atoms with van der Waals surface area (Å²) >= 11 is 0. The van der Waals surface area contributed by atoms with Gasteiger partial charge in [0.05, 0.1) is 11.3 Å². The Balaban J connectivity index is 0.000000950. The van der Waals surface area contributed by atoms with Gasteiger partial charge in [-0.3, -0.25) is 9.59 Å². The number of nitrogens with zero attached hydrogens (tertiary/aromatic N) is 1. The lowest BCUT2D eigenvalue weighted by Gasteiger charge is -2.15. The van der Waals surface area contributed by atoms with E-state index in [0.717, 1.165) is 54.0 Å². The van der Waals surface area contributed by atoms with Gasteiger partial charge in [-0.2, -0.15) is 0 Å². The maximum absolute atomic E-state index is 12.5. The van der Waals surface area contributed by atoms with Gasteiger partial charge in [-0.15, -0.1) is 13.2 Å². The number of allylic oxidation sites excluding steroid dienone is 6. The normalized spacial score (nSPS) is 15.9. The van der Waals surface area contributed by atoms with Gasteiger partial charge in [0.2, 0.25) is 0 Å². The first-order chi connectivity index (χ1) is 19.8. The molecule has 1 aromatic heterocycles. The largest absolute Gasteiger partial charge is 0.346 e. The molecule has 0 bridgehead atoms. The SMILES string of the molecule is C=C.CC.CC(C)C.CCCn1cc(C=O)c(=O)cc1C1=CC(c2cccc3c2C=CCCC/C=C\3)=CC(C)C#C1. The summed E-state index contributed by atoms with van der Waals surface area (Å²) in [6, 6.07) is 7.96. The molecule has 2 aliphatic carbocycles. The molecule has 218 valence electrons. The molecule has 0 saturated carbocycles. The zero-order valence-electron chi connectivity index (χ0n) is 26.3. The first-order valence-electron chi connectivity index (χ1n) is 15.0. The molecule has 1 unspecified atom stereocenters. The smallest absolute Gasteiger partial charge is 0.192 e. The van der Waals surface area contributed by atoms with Crippen LogP contribution in [-0.2, 0) is 6.54 Å². The van der Waals surface area contributed by atoms with E-state index in [9.17, 15) is 9.59 Å². The van der Waals surface area contributed by atoms with Crippen LogP contribution in [0.15, 0.2) is 72.7 Å². The van der Waals surface area contributed by atoms with Crippen LogP contribution in [0.3, 0.4) is 0 Å². The van der Waals surface area contributed by atoms with Gasteiger partial charge in [0.15, 0.2) is 11.7 Å². The first-order valence-corrected chi connectivity index (χ1v) is 15.0. The quantitative estimate of drug-likeness (QED) is 0.211. The third kappa shape index (κ3) is 10.9. The molecule has 0 fully saturated rings. The van der Waals surface area contributed by atoms with Crippen molar-refractivity contribution < 1.29 is 4.79 Å². The Labute approximate surface area is 249 Å². The van der Waals surface area contributed by atoms with Crippen molar-refractivity contribution in [2.45, 2.75) is 80.7 Å². The van der Waals surface area contributed by atoms with Gasteiger partial charge in [-0.1, -0.05) is 102 Å². The van der Waals surface area contributed by atoms with Crippen LogP contribution < -0.4 is 5.43 Å². The molecule has 3 heteroatoms. The highest BCUT2D eigenvalue weighted by molar-refractivity contribution is 5.93. The van der Waals surface area contributed by atoms with Gasteiger partial charge < -0.3 is 4.57 Å². The second-order valence-corrected chi connectivity index (χ2v) is 10.3. The van der Waals surface area contributed by atoms with Crippen LogP contribution in [0.2, 0.25) is 0 Å². The molecule has 0 amide bonds. The van der Waals surface area contributed by atoms with Crippen LogP contribution in [-0.4, -0.2) is 10.9 Å². The topological polar surface area (TPSA) is 39.1 Å². The molecular formula is C38H49NO2. The summed E-state index contributed by atoms with van der Waals surface area (Å²) in [4.78, 5) is 23.9. The van der Waals surface area contributed by atoms with E-state index < -0.39 is 0 Å². The van der Waals surface area contributed by atoms with Crippen LogP contribution in [0.25, 0.3) is 23.3 Å². The Kier molecular flexibility index (Phi) is 16.5. The van der Waals surface area contributed by atoms with Gasteiger partial charge >= 0.3 is 0 Å². The third-order valence-electron chi connectivity index (χ3n) is 5.96. The molecule has 4 rings (SSSR count). The average Bonchev–Trinajstić information content (AvgIpc) is 3.07. The average molecular weight is 552 g/mol. The van der Waals surface area contributed by atoms with Crippen LogP contribution in [0.5, 0.6) is 0 Å². The van der Waals surface area contributed by atoms with E-state index in [-0.39, 0.29) is 16.9 Å². The van der Waals surface area contributed by atoms with Gasteiger partial charge in [0.1, 0.15) is 0 Å². The van der Waals surface area contributed by atoms with Crippen molar-refractivity contribution in [3.05, 3.63) is 106 Å². The van der Waals surface area contributed by atoms with Crippen molar-refractivity contribution >= 4 is 29.6 Å². The second-order valence-electron chi connectivity index (χ2n) is 10.3. The van der Waals surface area contributed by atoms with E-state index in [4.69, 9.17) is 0 Å². The van der Waals surface area contributed by atoms with E-state index in [1.165, 1.54) is 11.1 Å². The van der Waals surface area contributed by atoms with Gasteiger partial charge in [0.25, 0.3) is 0 Å². The zero-order valence-corrected chi connectivity index (χ0v) is 26.3. The van der Waals surface area contributed by atoms with E-state index >= 15 is 0 Å². The molecule has 1 aromatic carbocycles. The Hall–Kier alpha value is -3.90. The third-order valence-corrected chi connectivity index (χ3v) is 5.96. The minimum absolute atomic E-state index is 0.0704. The fraction of sp³-hybridized carbons (Fsp3) is 0.368. The standard InChI is InChI=1S/C30H29NO2.C4H10.C2H6.C2H4/c1-3-16-31-20-26(21-32)30(33)19-29(31)24-15-14-22(2)17-25(18-24)28-13-9-11-23-10-7-5-4-6-8-12-27(23)28;1-4(2)3;2*1-2/h7-13,17-22H,3-6,16H2,1-2H3;4H,1-3H3;1-2H3;1-2H2/b10-7-,12-8?;;;. The maximum atomic E-state index is 12.5. The number of pyridine rings is 1. The number of hydrogen-bond acceptors (Lipinski definition) is 2. The molecule has 0 spiro atoms. The molecule has 0 radical (unpaired) electrons. The lowest BCUT2D eigenvalue weighted by atomic mass is 9.92. The molecule has 0 aliphatic heterocycles. The number of aldehydes is 1.